The SMILES string of the molecule is CNC(=O)CCCCCNC(=O)CBr. The standard InChI is InChI=1S/C9H17BrN2O2/c1-11-8(13)5-3-2-4-6-12-9(14)7-10/h2-7H2,1H3,(H,11,13)(H,12,14). The Morgan fingerprint density at radius 1 is 1.14 bits per heavy atom. The first-order chi connectivity index (χ1) is 6.70. The lowest BCUT2D eigenvalue weighted by Crippen LogP contribution is -2.25. The van der Waals surface area contributed by atoms with Crippen LogP contribution >= 0.6 is 15.9 Å². The van der Waals surface area contributed by atoms with E-state index in [1.54, 1.807) is 7.05 Å². The van der Waals surface area contributed by atoms with Crippen LogP contribution in [0.25, 0.3) is 0 Å². The molecule has 0 aromatic heterocycles. The molecule has 5 heteroatoms. The van der Waals surface area contributed by atoms with Crippen LogP contribution in [0, 0.1) is 0 Å². The van der Waals surface area contributed by atoms with E-state index in [-0.39, 0.29) is 11.8 Å². The molecular weight excluding hydrogens is 248 g/mol. The molecular formula is C9H17BrN2O2. The molecule has 0 radical (unpaired) electrons. The largest absolute Gasteiger partial charge is 0.359 e. The molecule has 0 aliphatic rings. The highest BCUT2D eigenvalue weighted by Gasteiger charge is 1.98. The number of hydrogen-bond donors (Lipinski definition) is 2. The monoisotopic (exact) mass is 264 g/mol. The summed E-state index contributed by atoms with van der Waals surface area (Å²) in [5.41, 5.74) is 0. The molecule has 0 aromatic carbocycles. The summed E-state index contributed by atoms with van der Waals surface area (Å²) in [7, 11) is 1.64. The number of carbonyl (C=O) groups excluding carboxylic acids is 2. The Kier molecular flexibility index (Phi) is 8.62. The van der Waals surface area contributed by atoms with Gasteiger partial charge < -0.3 is 10.6 Å². The first kappa shape index (κ1) is 13.4. The molecule has 0 fully saturated rings. The van der Waals surface area contributed by atoms with Gasteiger partial charge in [-0.2, -0.15) is 0 Å². The van der Waals surface area contributed by atoms with Crippen molar-refractivity contribution in [3.05, 3.63) is 0 Å². The summed E-state index contributed by atoms with van der Waals surface area (Å²) in [6.07, 6.45) is 3.35. The van der Waals surface area contributed by atoms with E-state index in [2.05, 4.69) is 26.6 Å². The normalized spacial score (nSPS) is 9.57. The third-order valence-corrected chi connectivity index (χ3v) is 2.31. The zero-order valence-electron chi connectivity index (χ0n) is 8.44. The molecule has 4 nitrogen and oxygen atoms in total. The molecule has 0 heterocycles. The van der Waals surface area contributed by atoms with Gasteiger partial charge in [-0.1, -0.05) is 22.4 Å². The minimum atomic E-state index is 0.0105. The molecule has 2 N–H and O–H groups in total. The second-order valence-electron chi connectivity index (χ2n) is 2.97. The van der Waals surface area contributed by atoms with Crippen LogP contribution < -0.4 is 10.6 Å². The van der Waals surface area contributed by atoms with Crippen molar-refractivity contribution in [2.24, 2.45) is 0 Å². The molecule has 0 saturated carbocycles. The van der Waals surface area contributed by atoms with Crippen LogP contribution in [-0.2, 0) is 9.59 Å². The van der Waals surface area contributed by atoms with Crippen molar-refractivity contribution in [3.63, 3.8) is 0 Å². The van der Waals surface area contributed by atoms with Crippen molar-refractivity contribution < 1.29 is 9.59 Å². The van der Waals surface area contributed by atoms with Crippen LogP contribution in [0.2, 0.25) is 0 Å². The summed E-state index contributed by atoms with van der Waals surface area (Å²) in [4.78, 5) is 21.6. The van der Waals surface area contributed by atoms with Gasteiger partial charge in [-0.15, -0.1) is 0 Å². The predicted octanol–water partition coefficient (Wildman–Crippen LogP) is 0.804. The average Bonchev–Trinajstić information content (AvgIpc) is 2.22. The number of nitrogens with one attached hydrogen (secondary N) is 2. The second-order valence-corrected chi connectivity index (χ2v) is 3.53. The fraction of sp³-hybridized carbons (Fsp3) is 0.778. The van der Waals surface area contributed by atoms with E-state index in [0.29, 0.717) is 18.3 Å². The number of amides is 2. The van der Waals surface area contributed by atoms with E-state index < -0.39 is 0 Å². The minimum Gasteiger partial charge on any atom is -0.359 e. The van der Waals surface area contributed by atoms with Crippen LogP contribution in [0.4, 0.5) is 0 Å². The molecule has 82 valence electrons. The van der Waals surface area contributed by atoms with Gasteiger partial charge >= 0.3 is 0 Å². The van der Waals surface area contributed by atoms with Gasteiger partial charge in [0.05, 0.1) is 5.33 Å². The Morgan fingerprint density at radius 3 is 2.43 bits per heavy atom. The van der Waals surface area contributed by atoms with E-state index in [1.165, 1.54) is 0 Å². The Morgan fingerprint density at radius 2 is 1.86 bits per heavy atom. The third-order valence-electron chi connectivity index (χ3n) is 1.80. The summed E-state index contributed by atoms with van der Waals surface area (Å²) < 4.78 is 0. The molecule has 0 rings (SSSR count). The smallest absolute Gasteiger partial charge is 0.230 e. The number of rotatable bonds is 7. The van der Waals surface area contributed by atoms with Crippen molar-refractivity contribution >= 4 is 27.7 Å². The first-order valence-corrected chi connectivity index (χ1v) is 5.86. The van der Waals surface area contributed by atoms with Gasteiger partial charge in [0.1, 0.15) is 0 Å². The number of unbranched alkanes of at least 4 members (excludes halogenated alkanes) is 2. The highest BCUT2D eigenvalue weighted by atomic mass is 79.9. The van der Waals surface area contributed by atoms with E-state index >= 15 is 0 Å². The molecule has 0 bridgehead atoms. The summed E-state index contributed by atoms with van der Waals surface area (Å²) in [6.45, 7) is 0.693. The molecule has 2 amide bonds. The van der Waals surface area contributed by atoms with Crippen LogP contribution in [0.15, 0.2) is 0 Å². The zero-order chi connectivity index (χ0) is 10.8. The van der Waals surface area contributed by atoms with Crippen LogP contribution in [0.1, 0.15) is 25.7 Å². The van der Waals surface area contributed by atoms with E-state index in [1.807, 2.05) is 0 Å². The molecule has 0 aliphatic heterocycles. The summed E-state index contributed by atoms with van der Waals surface area (Å²) in [6, 6.07) is 0. The molecule has 14 heavy (non-hydrogen) atoms. The Bertz CT molecular complexity index is 166. The summed E-state index contributed by atoms with van der Waals surface area (Å²) >= 11 is 3.06. The van der Waals surface area contributed by atoms with Crippen molar-refractivity contribution in [1.82, 2.24) is 10.6 Å². The first-order valence-electron chi connectivity index (χ1n) is 4.74. The van der Waals surface area contributed by atoms with E-state index in [0.717, 1.165) is 19.3 Å². The fourth-order valence-corrected chi connectivity index (χ4v) is 1.19. The van der Waals surface area contributed by atoms with Gasteiger partial charge in [-0.25, -0.2) is 0 Å². The second kappa shape index (κ2) is 8.99. The molecule has 0 spiro atoms. The third kappa shape index (κ3) is 8.04. The number of hydrogen-bond acceptors (Lipinski definition) is 2. The number of carbonyl (C=O) groups is 2. The van der Waals surface area contributed by atoms with Crippen LogP contribution in [0.5, 0.6) is 0 Å². The molecule has 0 saturated heterocycles. The molecule has 0 unspecified atom stereocenters. The van der Waals surface area contributed by atoms with Crippen LogP contribution in [0.3, 0.4) is 0 Å². The van der Waals surface area contributed by atoms with Gasteiger partial charge in [0.25, 0.3) is 0 Å². The topological polar surface area (TPSA) is 58.2 Å². The summed E-state index contributed by atoms with van der Waals surface area (Å²) in [5, 5.41) is 5.67. The number of alkyl halides is 1. The maximum Gasteiger partial charge on any atom is 0.230 e. The Hall–Kier alpha value is -0.580. The average molecular weight is 265 g/mol. The summed E-state index contributed by atoms with van der Waals surface area (Å²) in [5.74, 6) is 0.0887. The number of halogens is 1. The zero-order valence-corrected chi connectivity index (χ0v) is 10.0. The predicted molar refractivity (Wildman–Crippen MR) is 59.3 cm³/mol. The minimum absolute atomic E-state index is 0.0105. The van der Waals surface area contributed by atoms with E-state index in [9.17, 15) is 9.59 Å². The lowest BCUT2D eigenvalue weighted by Gasteiger charge is -2.02. The molecule has 0 atom stereocenters. The Balaban J connectivity index is 3.14. The maximum atomic E-state index is 10.8. The Labute approximate surface area is 92.9 Å². The maximum absolute atomic E-state index is 10.8. The van der Waals surface area contributed by atoms with E-state index in [4.69, 9.17) is 0 Å². The van der Waals surface area contributed by atoms with Crippen molar-refractivity contribution in [3.8, 4) is 0 Å². The van der Waals surface area contributed by atoms with Crippen molar-refractivity contribution in [2.45, 2.75) is 25.7 Å². The van der Waals surface area contributed by atoms with Gasteiger partial charge in [0.2, 0.25) is 11.8 Å². The highest BCUT2D eigenvalue weighted by molar-refractivity contribution is 9.09. The lowest BCUT2D eigenvalue weighted by molar-refractivity contribution is -0.121. The highest BCUT2D eigenvalue weighted by Crippen LogP contribution is 1.98. The van der Waals surface area contributed by atoms with Crippen molar-refractivity contribution in [1.29, 1.82) is 0 Å². The lowest BCUT2D eigenvalue weighted by atomic mass is 10.2. The van der Waals surface area contributed by atoms with Crippen LogP contribution in [-0.4, -0.2) is 30.7 Å². The van der Waals surface area contributed by atoms with Gasteiger partial charge in [-0.05, 0) is 12.8 Å². The van der Waals surface area contributed by atoms with Crippen molar-refractivity contribution in [2.75, 3.05) is 18.9 Å². The van der Waals surface area contributed by atoms with Gasteiger partial charge in [0, 0.05) is 20.0 Å². The molecule has 0 aliphatic carbocycles. The molecule has 0 aromatic rings. The van der Waals surface area contributed by atoms with Gasteiger partial charge in [0.15, 0.2) is 0 Å². The van der Waals surface area contributed by atoms with Gasteiger partial charge in [-0.3, -0.25) is 9.59 Å². The quantitative estimate of drug-likeness (QED) is 0.528. The fourth-order valence-electron chi connectivity index (χ4n) is 0.987.